The molecule has 1 aliphatic heterocycles. The van der Waals surface area contributed by atoms with Crippen LogP contribution < -0.4 is 10.2 Å². The molecular weight excluding hydrogens is 477 g/mol. The molecule has 2 amide bonds. The van der Waals surface area contributed by atoms with Gasteiger partial charge in [0.15, 0.2) is 5.17 Å². The predicted octanol–water partition coefficient (Wildman–Crippen LogP) is 5.79. The lowest BCUT2D eigenvalue weighted by molar-refractivity contribution is -0.120. The number of benzene rings is 2. The highest BCUT2D eigenvalue weighted by Crippen LogP contribution is 2.38. The van der Waals surface area contributed by atoms with Gasteiger partial charge in [-0.1, -0.05) is 64.8 Å². The molecular formula is C22H18Cl3N3O2S. The van der Waals surface area contributed by atoms with Gasteiger partial charge in [0.1, 0.15) is 5.70 Å². The van der Waals surface area contributed by atoms with Crippen molar-refractivity contribution in [2.45, 2.75) is 31.1 Å². The summed E-state index contributed by atoms with van der Waals surface area (Å²) in [6.45, 7) is 1.79. The van der Waals surface area contributed by atoms with Gasteiger partial charge >= 0.3 is 0 Å². The third-order valence-electron chi connectivity index (χ3n) is 4.75. The van der Waals surface area contributed by atoms with E-state index in [4.69, 9.17) is 34.8 Å². The van der Waals surface area contributed by atoms with Crippen LogP contribution >= 0.6 is 46.6 Å². The molecule has 1 N–H and O–H groups in total. The average Bonchev–Trinajstić information content (AvgIpc) is 3.50. The first-order valence-corrected chi connectivity index (χ1v) is 11.7. The zero-order chi connectivity index (χ0) is 22.1. The van der Waals surface area contributed by atoms with E-state index >= 15 is 0 Å². The summed E-state index contributed by atoms with van der Waals surface area (Å²) in [7, 11) is 0. The Labute approximate surface area is 199 Å². The summed E-state index contributed by atoms with van der Waals surface area (Å²) in [4.78, 5) is 31.7. The van der Waals surface area contributed by atoms with E-state index in [2.05, 4.69) is 10.3 Å². The molecule has 1 atom stereocenters. The standard InChI is InChI=1S/C22H18Cl3N3O2S/c1-12(20(29)26-15-9-10-15)31-22-27-17(11-13-5-7-14(23)8-6-13)21(30)28(22)18-4-2-3-16(24)19(18)25/h2-8,11-12,15H,9-10H2,1H3,(H,26,29)/b17-11-. The van der Waals surface area contributed by atoms with Crippen molar-refractivity contribution in [3.63, 3.8) is 0 Å². The summed E-state index contributed by atoms with van der Waals surface area (Å²) in [5.74, 6) is -0.439. The van der Waals surface area contributed by atoms with Crippen LogP contribution in [0.1, 0.15) is 25.3 Å². The van der Waals surface area contributed by atoms with Crippen LogP contribution in [0.25, 0.3) is 6.08 Å². The number of amidine groups is 1. The van der Waals surface area contributed by atoms with E-state index in [1.165, 1.54) is 16.7 Å². The lowest BCUT2D eigenvalue weighted by Crippen LogP contribution is -2.36. The third-order valence-corrected chi connectivity index (χ3v) is 6.86. The van der Waals surface area contributed by atoms with Crippen LogP contribution in [0.5, 0.6) is 0 Å². The summed E-state index contributed by atoms with van der Waals surface area (Å²) in [5, 5.41) is 4.07. The van der Waals surface area contributed by atoms with Crippen molar-refractivity contribution in [2.75, 3.05) is 4.90 Å². The molecule has 5 nitrogen and oxygen atoms in total. The lowest BCUT2D eigenvalue weighted by atomic mass is 10.2. The molecule has 9 heteroatoms. The monoisotopic (exact) mass is 493 g/mol. The molecule has 0 aromatic heterocycles. The number of aliphatic imine (C=N–C) groups is 1. The van der Waals surface area contributed by atoms with Crippen LogP contribution in [0.15, 0.2) is 53.2 Å². The van der Waals surface area contributed by atoms with Crippen LogP contribution in [-0.4, -0.2) is 28.3 Å². The maximum absolute atomic E-state index is 13.3. The molecule has 4 rings (SSSR count). The van der Waals surface area contributed by atoms with Crippen LogP contribution in [0.2, 0.25) is 15.1 Å². The van der Waals surface area contributed by atoms with Gasteiger partial charge < -0.3 is 5.32 Å². The number of anilines is 1. The fourth-order valence-corrected chi connectivity index (χ4v) is 4.36. The lowest BCUT2D eigenvalue weighted by Gasteiger charge is -2.21. The molecule has 2 aromatic carbocycles. The molecule has 2 aromatic rings. The summed E-state index contributed by atoms with van der Waals surface area (Å²) in [6.07, 6.45) is 3.67. The van der Waals surface area contributed by atoms with Crippen molar-refractivity contribution in [2.24, 2.45) is 4.99 Å². The first-order chi connectivity index (χ1) is 14.8. The van der Waals surface area contributed by atoms with Gasteiger partial charge in [-0.2, -0.15) is 0 Å². The van der Waals surface area contributed by atoms with Crippen LogP contribution in [0.4, 0.5) is 5.69 Å². The van der Waals surface area contributed by atoms with Crippen molar-refractivity contribution in [1.82, 2.24) is 5.32 Å². The maximum atomic E-state index is 13.3. The number of thioether (sulfide) groups is 1. The highest BCUT2D eigenvalue weighted by molar-refractivity contribution is 8.15. The molecule has 1 saturated carbocycles. The number of halogens is 3. The SMILES string of the molecule is CC(SC1=N/C(=C\c2ccc(Cl)cc2)C(=O)N1c1cccc(Cl)c1Cl)C(=O)NC1CC1. The van der Waals surface area contributed by atoms with Crippen molar-refractivity contribution >= 4 is 75.3 Å². The number of nitrogens with zero attached hydrogens (tertiary/aromatic N) is 2. The Kier molecular flexibility index (Phi) is 6.63. The van der Waals surface area contributed by atoms with Crippen molar-refractivity contribution in [3.8, 4) is 0 Å². The van der Waals surface area contributed by atoms with E-state index < -0.39 is 5.25 Å². The average molecular weight is 495 g/mol. The van der Waals surface area contributed by atoms with E-state index in [9.17, 15) is 9.59 Å². The normalized spacial score (nSPS) is 18.3. The minimum atomic E-state index is -0.442. The largest absolute Gasteiger partial charge is 0.352 e. The highest BCUT2D eigenvalue weighted by Gasteiger charge is 2.36. The fourth-order valence-electron chi connectivity index (χ4n) is 2.93. The van der Waals surface area contributed by atoms with E-state index in [1.807, 2.05) is 0 Å². The predicted molar refractivity (Wildman–Crippen MR) is 129 cm³/mol. The van der Waals surface area contributed by atoms with E-state index in [1.54, 1.807) is 55.5 Å². The molecule has 0 radical (unpaired) electrons. The Morgan fingerprint density at radius 2 is 1.90 bits per heavy atom. The van der Waals surface area contributed by atoms with Crippen molar-refractivity contribution < 1.29 is 9.59 Å². The van der Waals surface area contributed by atoms with Gasteiger partial charge in [0.25, 0.3) is 5.91 Å². The molecule has 1 unspecified atom stereocenters. The summed E-state index contributed by atoms with van der Waals surface area (Å²) in [5.41, 5.74) is 1.43. The number of rotatable bonds is 5. The second kappa shape index (κ2) is 9.25. The Balaban J connectivity index is 1.68. The smallest absolute Gasteiger partial charge is 0.283 e. The zero-order valence-electron chi connectivity index (χ0n) is 16.4. The van der Waals surface area contributed by atoms with Gasteiger partial charge in [-0.05, 0) is 55.7 Å². The van der Waals surface area contributed by atoms with Gasteiger partial charge in [-0.15, -0.1) is 0 Å². The minimum Gasteiger partial charge on any atom is -0.352 e. The van der Waals surface area contributed by atoms with Gasteiger partial charge in [-0.3, -0.25) is 14.5 Å². The number of nitrogens with one attached hydrogen (secondary N) is 1. The van der Waals surface area contributed by atoms with Crippen LogP contribution in [0.3, 0.4) is 0 Å². The minimum absolute atomic E-state index is 0.0880. The van der Waals surface area contributed by atoms with E-state index in [0.29, 0.717) is 20.9 Å². The third kappa shape index (κ3) is 5.09. The molecule has 31 heavy (non-hydrogen) atoms. The number of carbonyl (C=O) groups is 2. The van der Waals surface area contributed by atoms with Crippen LogP contribution in [0, 0.1) is 0 Å². The van der Waals surface area contributed by atoms with Crippen LogP contribution in [-0.2, 0) is 9.59 Å². The topological polar surface area (TPSA) is 61.8 Å². The number of hydrogen-bond acceptors (Lipinski definition) is 4. The van der Waals surface area contributed by atoms with E-state index in [-0.39, 0.29) is 28.6 Å². The second-order valence-corrected chi connectivity index (χ2v) is 9.76. The summed E-state index contributed by atoms with van der Waals surface area (Å²) < 4.78 is 0. The highest BCUT2D eigenvalue weighted by atomic mass is 35.5. The Hall–Kier alpha value is -1.99. The van der Waals surface area contributed by atoms with Gasteiger partial charge in [0, 0.05) is 11.1 Å². The number of hydrogen-bond donors (Lipinski definition) is 1. The summed E-state index contributed by atoms with van der Waals surface area (Å²) in [6, 6.07) is 12.4. The molecule has 2 aliphatic rings. The molecule has 1 heterocycles. The Morgan fingerprint density at radius 3 is 2.58 bits per heavy atom. The number of carbonyl (C=O) groups excluding carboxylic acids is 2. The summed E-state index contributed by atoms with van der Waals surface area (Å²) >= 11 is 19.7. The van der Waals surface area contributed by atoms with Crippen molar-refractivity contribution in [1.29, 1.82) is 0 Å². The van der Waals surface area contributed by atoms with Crippen molar-refractivity contribution in [3.05, 3.63) is 68.8 Å². The molecule has 0 saturated heterocycles. The van der Waals surface area contributed by atoms with Gasteiger partial charge in [0.05, 0.1) is 21.0 Å². The maximum Gasteiger partial charge on any atom is 0.283 e. The second-order valence-electron chi connectivity index (χ2n) is 7.23. The zero-order valence-corrected chi connectivity index (χ0v) is 19.5. The molecule has 1 aliphatic carbocycles. The quantitative estimate of drug-likeness (QED) is 0.535. The fraction of sp³-hybridized carbons (Fsp3) is 0.227. The van der Waals surface area contributed by atoms with E-state index in [0.717, 1.165) is 18.4 Å². The first-order valence-electron chi connectivity index (χ1n) is 9.65. The Bertz CT molecular complexity index is 1100. The van der Waals surface area contributed by atoms with Gasteiger partial charge in [0.2, 0.25) is 5.91 Å². The molecule has 0 bridgehead atoms. The first kappa shape index (κ1) is 22.2. The molecule has 0 spiro atoms. The van der Waals surface area contributed by atoms with Gasteiger partial charge in [-0.25, -0.2) is 4.99 Å². The molecule has 1 fully saturated rings. The Morgan fingerprint density at radius 1 is 1.19 bits per heavy atom. The number of amides is 2. The molecule has 160 valence electrons.